The summed E-state index contributed by atoms with van der Waals surface area (Å²) < 4.78 is 35.3. The smallest absolute Gasteiger partial charge is 0.337 e. The number of hydrogen-bond acceptors (Lipinski definition) is 3. The van der Waals surface area contributed by atoms with Crippen LogP contribution in [-0.2, 0) is 9.53 Å². The fourth-order valence-corrected chi connectivity index (χ4v) is 1.11. The maximum atomic E-state index is 13.1. The molecule has 17 heavy (non-hydrogen) atoms. The minimum atomic E-state index is -0.910. The Morgan fingerprint density at radius 3 is 2.76 bits per heavy atom. The summed E-state index contributed by atoms with van der Waals surface area (Å²) in [5.74, 6) is -2.63. The number of benzene rings is 1. The van der Waals surface area contributed by atoms with Crippen molar-refractivity contribution < 1.29 is 23.0 Å². The number of carbonyl (C=O) groups excluding carboxylic acids is 1. The molecule has 0 atom stereocenters. The van der Waals surface area contributed by atoms with Crippen LogP contribution in [0.3, 0.4) is 0 Å². The summed E-state index contributed by atoms with van der Waals surface area (Å²) in [6.07, 6.45) is 1.81. The molecule has 0 spiro atoms. The Balaban J connectivity index is 2.40. The molecule has 0 amide bonds. The quantitative estimate of drug-likeness (QED) is 0.438. The van der Waals surface area contributed by atoms with E-state index in [9.17, 15) is 13.6 Å². The van der Waals surface area contributed by atoms with Crippen molar-refractivity contribution in [3.8, 4) is 5.75 Å². The number of unbranched alkanes of at least 4 members (excludes halogenated alkanes) is 1. The summed E-state index contributed by atoms with van der Waals surface area (Å²) in [5.41, 5.74) is 0. The minimum absolute atomic E-state index is 0.239. The van der Waals surface area contributed by atoms with Gasteiger partial charge in [-0.05, 0) is 18.6 Å². The van der Waals surface area contributed by atoms with Crippen LogP contribution in [0.15, 0.2) is 18.2 Å². The highest BCUT2D eigenvalue weighted by molar-refractivity contribution is 5.73. The second-order valence-corrected chi connectivity index (χ2v) is 3.45. The fourth-order valence-electron chi connectivity index (χ4n) is 1.11. The number of ether oxygens (including phenoxy) is 2. The maximum Gasteiger partial charge on any atom is 0.337 e. The third-order valence-electron chi connectivity index (χ3n) is 1.98. The molecule has 0 aliphatic carbocycles. The molecule has 0 aliphatic rings. The lowest BCUT2D eigenvalue weighted by Gasteiger charge is -2.05. The van der Waals surface area contributed by atoms with Crippen LogP contribution in [-0.4, -0.2) is 19.2 Å². The summed E-state index contributed by atoms with van der Waals surface area (Å²) in [6.45, 7) is 2.21. The first-order chi connectivity index (χ1) is 8.13. The second kappa shape index (κ2) is 6.96. The SMILES string of the molecule is CCCCOCC(=O)Oc1ccc(F)cc1F. The molecule has 0 N–H and O–H groups in total. The molecule has 3 nitrogen and oxygen atoms in total. The Morgan fingerprint density at radius 1 is 1.35 bits per heavy atom. The monoisotopic (exact) mass is 244 g/mol. The summed E-state index contributed by atoms with van der Waals surface area (Å²) in [6, 6.07) is 2.73. The minimum Gasteiger partial charge on any atom is -0.422 e. The van der Waals surface area contributed by atoms with E-state index in [1.54, 1.807) is 0 Å². The molecule has 0 aromatic heterocycles. The molecule has 5 heteroatoms. The Morgan fingerprint density at radius 2 is 2.12 bits per heavy atom. The third-order valence-corrected chi connectivity index (χ3v) is 1.98. The van der Waals surface area contributed by atoms with E-state index < -0.39 is 17.6 Å². The predicted molar refractivity (Wildman–Crippen MR) is 57.7 cm³/mol. The number of hydrogen-bond donors (Lipinski definition) is 0. The summed E-state index contributed by atoms with van der Waals surface area (Å²) in [7, 11) is 0. The highest BCUT2D eigenvalue weighted by atomic mass is 19.1. The normalized spacial score (nSPS) is 10.3. The van der Waals surface area contributed by atoms with Crippen LogP contribution in [0.5, 0.6) is 5.75 Å². The zero-order chi connectivity index (χ0) is 12.7. The first kappa shape index (κ1) is 13.6. The molecule has 0 saturated heterocycles. The number of esters is 1. The van der Waals surface area contributed by atoms with Gasteiger partial charge in [0.2, 0.25) is 0 Å². The Hall–Kier alpha value is -1.49. The van der Waals surface area contributed by atoms with Gasteiger partial charge in [0.15, 0.2) is 11.6 Å². The molecule has 0 fully saturated rings. The molecule has 0 unspecified atom stereocenters. The molecular formula is C12H14F2O3. The standard InChI is InChI=1S/C12H14F2O3/c1-2-3-6-16-8-12(15)17-11-5-4-9(13)7-10(11)14/h4-5,7H,2-3,6,8H2,1H3. The van der Waals surface area contributed by atoms with Gasteiger partial charge in [-0.2, -0.15) is 0 Å². The van der Waals surface area contributed by atoms with Crippen molar-refractivity contribution in [3.63, 3.8) is 0 Å². The van der Waals surface area contributed by atoms with Crippen molar-refractivity contribution in [2.45, 2.75) is 19.8 Å². The largest absolute Gasteiger partial charge is 0.422 e. The van der Waals surface area contributed by atoms with Crippen LogP contribution < -0.4 is 4.74 Å². The van der Waals surface area contributed by atoms with Gasteiger partial charge in [-0.25, -0.2) is 13.6 Å². The summed E-state index contributed by atoms with van der Waals surface area (Å²) >= 11 is 0. The van der Waals surface area contributed by atoms with Gasteiger partial charge >= 0.3 is 5.97 Å². The Labute approximate surface area is 98.3 Å². The first-order valence-corrected chi connectivity index (χ1v) is 5.37. The van der Waals surface area contributed by atoms with Crippen LogP contribution in [0.4, 0.5) is 8.78 Å². The zero-order valence-corrected chi connectivity index (χ0v) is 9.54. The Kier molecular flexibility index (Phi) is 5.56. The highest BCUT2D eigenvalue weighted by Crippen LogP contribution is 2.17. The third kappa shape index (κ3) is 4.91. The molecule has 0 radical (unpaired) electrons. The van der Waals surface area contributed by atoms with Gasteiger partial charge in [0.1, 0.15) is 12.4 Å². The van der Waals surface area contributed by atoms with E-state index in [1.165, 1.54) is 0 Å². The van der Waals surface area contributed by atoms with Crippen molar-refractivity contribution in [2.24, 2.45) is 0 Å². The van der Waals surface area contributed by atoms with Crippen molar-refractivity contribution >= 4 is 5.97 Å². The number of carbonyl (C=O) groups is 1. The lowest BCUT2D eigenvalue weighted by atomic mass is 10.3. The topological polar surface area (TPSA) is 35.5 Å². The molecule has 0 saturated carbocycles. The maximum absolute atomic E-state index is 13.1. The number of rotatable bonds is 6. The number of halogens is 2. The van der Waals surface area contributed by atoms with Crippen molar-refractivity contribution in [2.75, 3.05) is 13.2 Å². The summed E-state index contributed by atoms with van der Waals surface area (Å²) in [4.78, 5) is 11.2. The van der Waals surface area contributed by atoms with Crippen molar-refractivity contribution in [3.05, 3.63) is 29.8 Å². The van der Waals surface area contributed by atoms with Crippen LogP contribution in [0, 0.1) is 11.6 Å². The van der Waals surface area contributed by atoms with E-state index in [4.69, 9.17) is 4.74 Å². The molecule has 0 bridgehead atoms. The fraction of sp³-hybridized carbons (Fsp3) is 0.417. The first-order valence-electron chi connectivity index (χ1n) is 5.37. The second-order valence-electron chi connectivity index (χ2n) is 3.45. The summed E-state index contributed by atoms with van der Waals surface area (Å²) in [5, 5.41) is 0. The van der Waals surface area contributed by atoms with Gasteiger partial charge in [-0.15, -0.1) is 0 Å². The molecule has 94 valence electrons. The van der Waals surface area contributed by atoms with Gasteiger partial charge in [0.25, 0.3) is 0 Å². The van der Waals surface area contributed by atoms with E-state index in [2.05, 4.69) is 4.74 Å². The van der Waals surface area contributed by atoms with Crippen LogP contribution in [0.2, 0.25) is 0 Å². The van der Waals surface area contributed by atoms with Crippen molar-refractivity contribution in [1.29, 1.82) is 0 Å². The molecule has 1 rings (SSSR count). The van der Waals surface area contributed by atoms with Gasteiger partial charge in [0.05, 0.1) is 0 Å². The van der Waals surface area contributed by atoms with Gasteiger partial charge < -0.3 is 9.47 Å². The van der Waals surface area contributed by atoms with Gasteiger partial charge in [-0.1, -0.05) is 13.3 Å². The average Bonchev–Trinajstić information content (AvgIpc) is 2.28. The predicted octanol–water partition coefficient (Wildman–Crippen LogP) is 2.69. The molecule has 0 aliphatic heterocycles. The van der Waals surface area contributed by atoms with Crippen LogP contribution >= 0.6 is 0 Å². The van der Waals surface area contributed by atoms with E-state index in [-0.39, 0.29) is 12.4 Å². The van der Waals surface area contributed by atoms with Gasteiger partial charge in [-0.3, -0.25) is 0 Å². The molecule has 1 aromatic rings. The molecular weight excluding hydrogens is 230 g/mol. The van der Waals surface area contributed by atoms with E-state index in [1.807, 2.05) is 6.92 Å². The van der Waals surface area contributed by atoms with Crippen LogP contribution in [0.25, 0.3) is 0 Å². The van der Waals surface area contributed by atoms with E-state index >= 15 is 0 Å². The average molecular weight is 244 g/mol. The van der Waals surface area contributed by atoms with Gasteiger partial charge in [0, 0.05) is 12.7 Å². The molecule has 0 heterocycles. The lowest BCUT2D eigenvalue weighted by Crippen LogP contribution is -2.16. The van der Waals surface area contributed by atoms with Crippen molar-refractivity contribution in [1.82, 2.24) is 0 Å². The Bertz CT molecular complexity index is 380. The highest BCUT2D eigenvalue weighted by Gasteiger charge is 2.10. The van der Waals surface area contributed by atoms with E-state index in [0.717, 1.165) is 25.0 Å². The zero-order valence-electron chi connectivity index (χ0n) is 9.54. The lowest BCUT2D eigenvalue weighted by molar-refractivity contribution is -0.139. The van der Waals surface area contributed by atoms with E-state index in [0.29, 0.717) is 12.7 Å². The van der Waals surface area contributed by atoms with Crippen LogP contribution in [0.1, 0.15) is 19.8 Å². The molecule has 1 aromatic carbocycles.